The Balaban J connectivity index is 2.05. The molecule has 0 radical (unpaired) electrons. The van der Waals surface area contributed by atoms with Gasteiger partial charge in [-0.15, -0.1) is 0 Å². The van der Waals surface area contributed by atoms with Gasteiger partial charge in [0.25, 0.3) is 5.91 Å². The van der Waals surface area contributed by atoms with E-state index in [9.17, 15) is 9.59 Å². The molecule has 6 heteroatoms. The number of nitrogens with one attached hydrogen (secondary N) is 1. The molecule has 1 amide bonds. The van der Waals surface area contributed by atoms with Gasteiger partial charge in [-0.05, 0) is 31.4 Å². The summed E-state index contributed by atoms with van der Waals surface area (Å²) in [5, 5.41) is 15.8. The number of carboxylic acids is 1. The number of hydrogen-bond donors (Lipinski definition) is 2. The fourth-order valence-corrected chi connectivity index (χ4v) is 2.53. The van der Waals surface area contributed by atoms with Gasteiger partial charge in [-0.3, -0.25) is 9.59 Å². The van der Waals surface area contributed by atoms with Crippen LogP contribution in [-0.2, 0) is 11.2 Å². The van der Waals surface area contributed by atoms with Crippen LogP contribution >= 0.6 is 0 Å². The number of nitrogens with zero attached hydrogens (tertiary/aromatic N) is 2. The molecule has 128 valence electrons. The number of benzene rings is 1. The molecule has 6 nitrogen and oxygen atoms in total. The van der Waals surface area contributed by atoms with Gasteiger partial charge in [-0.1, -0.05) is 31.5 Å². The Morgan fingerprint density at radius 1 is 1.21 bits per heavy atom. The molecular weight excluding hydrogens is 306 g/mol. The molecule has 0 bridgehead atoms. The SMILES string of the molecule is CCCc1c(C(=O)NCCCCC(=O)O)cnn1-c1ccccc1. The molecule has 24 heavy (non-hydrogen) atoms. The van der Waals surface area contributed by atoms with E-state index in [1.165, 1.54) is 0 Å². The van der Waals surface area contributed by atoms with Crippen LogP contribution in [0.5, 0.6) is 0 Å². The number of amides is 1. The Bertz CT molecular complexity index is 680. The van der Waals surface area contributed by atoms with E-state index >= 15 is 0 Å². The minimum absolute atomic E-state index is 0.128. The van der Waals surface area contributed by atoms with Crippen LogP contribution in [0.3, 0.4) is 0 Å². The van der Waals surface area contributed by atoms with Gasteiger partial charge < -0.3 is 10.4 Å². The number of aliphatic carboxylic acids is 1. The van der Waals surface area contributed by atoms with Crippen LogP contribution < -0.4 is 5.32 Å². The van der Waals surface area contributed by atoms with Gasteiger partial charge in [-0.2, -0.15) is 5.10 Å². The van der Waals surface area contributed by atoms with Gasteiger partial charge in [0, 0.05) is 13.0 Å². The van der Waals surface area contributed by atoms with Gasteiger partial charge in [-0.25, -0.2) is 4.68 Å². The summed E-state index contributed by atoms with van der Waals surface area (Å²) in [5.74, 6) is -0.966. The number of unbranched alkanes of at least 4 members (excludes halogenated alkanes) is 1. The Hall–Kier alpha value is -2.63. The normalized spacial score (nSPS) is 10.5. The topological polar surface area (TPSA) is 84.2 Å². The molecule has 0 unspecified atom stereocenters. The first kappa shape index (κ1) is 17.7. The van der Waals surface area contributed by atoms with Gasteiger partial charge in [0.05, 0.1) is 23.1 Å². The number of hydrogen-bond acceptors (Lipinski definition) is 3. The number of carboxylic acid groups (broad SMARTS) is 1. The van der Waals surface area contributed by atoms with Crippen molar-refractivity contribution in [2.45, 2.75) is 39.0 Å². The third kappa shape index (κ3) is 4.68. The summed E-state index contributed by atoms with van der Waals surface area (Å²) in [6.45, 7) is 2.53. The first-order valence-corrected chi connectivity index (χ1v) is 8.25. The predicted molar refractivity (Wildman–Crippen MR) is 91.4 cm³/mol. The van der Waals surface area contributed by atoms with E-state index < -0.39 is 5.97 Å². The van der Waals surface area contributed by atoms with Crippen molar-refractivity contribution in [3.8, 4) is 5.69 Å². The van der Waals surface area contributed by atoms with Crippen molar-refractivity contribution >= 4 is 11.9 Å². The number of rotatable bonds is 9. The van der Waals surface area contributed by atoms with Crippen LogP contribution in [0.15, 0.2) is 36.5 Å². The quantitative estimate of drug-likeness (QED) is 0.693. The van der Waals surface area contributed by atoms with E-state index in [4.69, 9.17) is 5.11 Å². The first-order chi connectivity index (χ1) is 11.6. The highest BCUT2D eigenvalue weighted by Gasteiger charge is 2.17. The lowest BCUT2D eigenvalue weighted by molar-refractivity contribution is -0.137. The highest BCUT2D eigenvalue weighted by molar-refractivity contribution is 5.95. The Kier molecular flexibility index (Phi) is 6.54. The van der Waals surface area contributed by atoms with Crippen LogP contribution in [0.1, 0.15) is 48.7 Å². The molecule has 2 aromatic rings. The molecule has 0 aliphatic rings. The second kappa shape index (κ2) is 8.86. The third-order valence-corrected chi connectivity index (χ3v) is 3.70. The lowest BCUT2D eigenvalue weighted by atomic mass is 10.1. The Morgan fingerprint density at radius 2 is 1.96 bits per heavy atom. The third-order valence-electron chi connectivity index (χ3n) is 3.70. The number of carbonyl (C=O) groups is 2. The van der Waals surface area contributed by atoms with E-state index in [0.717, 1.165) is 24.2 Å². The smallest absolute Gasteiger partial charge is 0.303 e. The predicted octanol–water partition coefficient (Wildman–Crippen LogP) is 2.81. The van der Waals surface area contributed by atoms with E-state index in [0.29, 0.717) is 24.9 Å². The second-order valence-corrected chi connectivity index (χ2v) is 5.61. The zero-order valence-corrected chi connectivity index (χ0v) is 13.9. The summed E-state index contributed by atoms with van der Waals surface area (Å²) in [7, 11) is 0. The maximum absolute atomic E-state index is 12.4. The maximum Gasteiger partial charge on any atom is 0.303 e. The van der Waals surface area contributed by atoms with Gasteiger partial charge >= 0.3 is 5.97 Å². The highest BCUT2D eigenvalue weighted by atomic mass is 16.4. The van der Waals surface area contributed by atoms with E-state index in [1.807, 2.05) is 35.0 Å². The number of aromatic nitrogens is 2. The molecular formula is C18H23N3O3. The van der Waals surface area contributed by atoms with E-state index in [2.05, 4.69) is 17.3 Å². The zero-order valence-electron chi connectivity index (χ0n) is 13.9. The molecule has 2 rings (SSSR count). The highest BCUT2D eigenvalue weighted by Crippen LogP contribution is 2.16. The summed E-state index contributed by atoms with van der Waals surface area (Å²) in [6.07, 6.45) is 4.61. The molecule has 2 N–H and O–H groups in total. The van der Waals surface area contributed by atoms with Crippen molar-refractivity contribution in [1.29, 1.82) is 0 Å². The summed E-state index contributed by atoms with van der Waals surface area (Å²) < 4.78 is 1.81. The summed E-state index contributed by atoms with van der Waals surface area (Å²) >= 11 is 0. The molecule has 0 aliphatic carbocycles. The van der Waals surface area contributed by atoms with E-state index in [1.54, 1.807) is 6.20 Å². The molecule has 1 heterocycles. The van der Waals surface area contributed by atoms with Crippen molar-refractivity contribution in [1.82, 2.24) is 15.1 Å². The molecule has 0 saturated carbocycles. The minimum atomic E-state index is -0.810. The lowest BCUT2D eigenvalue weighted by Crippen LogP contribution is -2.25. The Labute approximate surface area is 141 Å². The maximum atomic E-state index is 12.4. The monoisotopic (exact) mass is 329 g/mol. The largest absolute Gasteiger partial charge is 0.481 e. The standard InChI is InChI=1S/C18H23N3O3/c1-2-8-16-15(18(24)19-12-7-6-11-17(22)23)13-20-21(16)14-9-4-3-5-10-14/h3-5,9-10,13H,2,6-8,11-12H2,1H3,(H,19,24)(H,22,23). The first-order valence-electron chi connectivity index (χ1n) is 8.25. The van der Waals surface area contributed by atoms with Crippen LogP contribution in [0.2, 0.25) is 0 Å². The lowest BCUT2D eigenvalue weighted by Gasteiger charge is -2.09. The van der Waals surface area contributed by atoms with Gasteiger partial charge in [0.15, 0.2) is 0 Å². The molecule has 0 fully saturated rings. The minimum Gasteiger partial charge on any atom is -0.481 e. The van der Waals surface area contributed by atoms with Crippen LogP contribution in [0.4, 0.5) is 0 Å². The average molecular weight is 329 g/mol. The summed E-state index contributed by atoms with van der Waals surface area (Å²) in [6, 6.07) is 9.74. The average Bonchev–Trinajstić information content (AvgIpc) is 2.99. The van der Waals surface area contributed by atoms with Crippen LogP contribution in [0, 0.1) is 0 Å². The number of para-hydroxylation sites is 1. The second-order valence-electron chi connectivity index (χ2n) is 5.61. The Morgan fingerprint density at radius 3 is 2.62 bits per heavy atom. The van der Waals surface area contributed by atoms with Crippen molar-refractivity contribution in [2.24, 2.45) is 0 Å². The van der Waals surface area contributed by atoms with E-state index in [-0.39, 0.29) is 12.3 Å². The molecule has 0 saturated heterocycles. The van der Waals surface area contributed by atoms with Crippen molar-refractivity contribution in [3.05, 3.63) is 47.8 Å². The summed E-state index contributed by atoms with van der Waals surface area (Å²) in [5.41, 5.74) is 2.41. The van der Waals surface area contributed by atoms with Gasteiger partial charge in [0.2, 0.25) is 0 Å². The van der Waals surface area contributed by atoms with Crippen molar-refractivity contribution in [3.63, 3.8) is 0 Å². The zero-order chi connectivity index (χ0) is 17.4. The van der Waals surface area contributed by atoms with Crippen LogP contribution in [-0.4, -0.2) is 33.3 Å². The summed E-state index contributed by atoms with van der Waals surface area (Å²) in [4.78, 5) is 22.9. The molecule has 0 atom stereocenters. The molecule has 0 aliphatic heterocycles. The van der Waals surface area contributed by atoms with Gasteiger partial charge in [0.1, 0.15) is 0 Å². The molecule has 1 aromatic heterocycles. The fourth-order valence-electron chi connectivity index (χ4n) is 2.53. The number of carbonyl (C=O) groups excluding carboxylic acids is 1. The molecule has 1 aromatic carbocycles. The van der Waals surface area contributed by atoms with Crippen molar-refractivity contribution in [2.75, 3.05) is 6.54 Å². The fraction of sp³-hybridized carbons (Fsp3) is 0.389. The van der Waals surface area contributed by atoms with Crippen LogP contribution in [0.25, 0.3) is 5.69 Å². The van der Waals surface area contributed by atoms with Crippen molar-refractivity contribution < 1.29 is 14.7 Å². The molecule has 0 spiro atoms.